The van der Waals surface area contributed by atoms with Crippen LogP contribution in [0.4, 0.5) is 8.78 Å². The van der Waals surface area contributed by atoms with Gasteiger partial charge in [-0.1, -0.05) is 18.2 Å². The van der Waals surface area contributed by atoms with Crippen molar-refractivity contribution in [2.24, 2.45) is 0 Å². The molecule has 2 aromatic rings. The number of likely N-dealkylation sites (N-methyl/N-ethyl adjacent to an activating group) is 1. The summed E-state index contributed by atoms with van der Waals surface area (Å²) in [5, 5.41) is 0. The smallest absolute Gasteiger partial charge is 0.387 e. The molecule has 0 saturated carbocycles. The highest BCUT2D eigenvalue weighted by molar-refractivity contribution is 5.33. The van der Waals surface area contributed by atoms with Crippen LogP contribution in [-0.2, 0) is 13.1 Å². The molecule has 1 aromatic heterocycles. The van der Waals surface area contributed by atoms with Crippen molar-refractivity contribution in [2.45, 2.75) is 26.6 Å². The van der Waals surface area contributed by atoms with Crippen molar-refractivity contribution in [1.29, 1.82) is 0 Å². The third-order valence-electron chi connectivity index (χ3n) is 3.75. The molecular weight excluding hydrogens is 314 g/mol. The van der Waals surface area contributed by atoms with Crippen LogP contribution in [0.5, 0.6) is 5.75 Å². The normalized spacial score (nSPS) is 11.7. The molecule has 1 N–H and O–H groups in total. The lowest BCUT2D eigenvalue weighted by Crippen LogP contribution is -2.31. The maximum absolute atomic E-state index is 12.6. The van der Waals surface area contributed by atoms with Gasteiger partial charge in [-0.25, -0.2) is 4.98 Å². The molecule has 0 aliphatic heterocycles. The summed E-state index contributed by atoms with van der Waals surface area (Å²) in [6.45, 7) is 1.97. The second-order valence-corrected chi connectivity index (χ2v) is 5.97. The van der Waals surface area contributed by atoms with Crippen LogP contribution < -0.4 is 4.74 Å². The lowest BCUT2D eigenvalue weighted by Gasteiger charge is -2.24. The monoisotopic (exact) mass is 338 g/mol. The Balaban J connectivity index is 2.14. The maximum Gasteiger partial charge on any atom is 0.387 e. The van der Waals surface area contributed by atoms with E-state index in [0.717, 1.165) is 30.0 Å². The van der Waals surface area contributed by atoms with Crippen LogP contribution in [0.2, 0.25) is 0 Å². The molecule has 7 heteroatoms. The number of ether oxygens (including phenoxy) is 1. The number of nitrogens with zero attached hydrogens (tertiary/aromatic N) is 3. The van der Waals surface area contributed by atoms with Gasteiger partial charge < -0.3 is 14.6 Å². The van der Waals surface area contributed by atoms with E-state index in [1.54, 1.807) is 18.5 Å². The van der Waals surface area contributed by atoms with Crippen LogP contribution >= 0.6 is 0 Å². The van der Waals surface area contributed by atoms with E-state index >= 15 is 0 Å². The average molecular weight is 338 g/mol. The SMILES string of the molecule is Cc1[nH]cnc1CN(CCN(C)C)Cc1ccccc1OC(F)F. The van der Waals surface area contributed by atoms with Gasteiger partial charge >= 0.3 is 6.61 Å². The van der Waals surface area contributed by atoms with E-state index in [2.05, 4.69) is 24.5 Å². The van der Waals surface area contributed by atoms with Gasteiger partial charge in [0.1, 0.15) is 5.75 Å². The fourth-order valence-corrected chi connectivity index (χ4v) is 2.40. The molecule has 0 saturated heterocycles. The first kappa shape index (κ1) is 18.4. The molecule has 5 nitrogen and oxygen atoms in total. The van der Waals surface area contributed by atoms with E-state index in [4.69, 9.17) is 0 Å². The molecule has 0 spiro atoms. The van der Waals surface area contributed by atoms with Crippen molar-refractivity contribution in [2.75, 3.05) is 27.2 Å². The highest BCUT2D eigenvalue weighted by Gasteiger charge is 2.15. The number of aromatic amines is 1. The molecular formula is C17H24F2N4O. The Kier molecular flexibility index (Phi) is 6.69. The summed E-state index contributed by atoms with van der Waals surface area (Å²) in [6.07, 6.45) is 1.67. The minimum atomic E-state index is -2.82. The van der Waals surface area contributed by atoms with Crippen LogP contribution in [0, 0.1) is 6.92 Å². The van der Waals surface area contributed by atoms with Gasteiger partial charge in [0.2, 0.25) is 0 Å². The van der Waals surface area contributed by atoms with E-state index in [1.165, 1.54) is 0 Å². The first-order valence-electron chi connectivity index (χ1n) is 7.84. The zero-order valence-corrected chi connectivity index (χ0v) is 14.3. The number of aromatic nitrogens is 2. The van der Waals surface area contributed by atoms with E-state index < -0.39 is 6.61 Å². The first-order chi connectivity index (χ1) is 11.5. The molecule has 1 aromatic carbocycles. The second kappa shape index (κ2) is 8.75. The lowest BCUT2D eigenvalue weighted by molar-refractivity contribution is -0.0508. The first-order valence-corrected chi connectivity index (χ1v) is 7.84. The number of benzene rings is 1. The Labute approximate surface area is 141 Å². The largest absolute Gasteiger partial charge is 0.434 e. The number of hydrogen-bond donors (Lipinski definition) is 1. The quantitative estimate of drug-likeness (QED) is 0.764. The van der Waals surface area contributed by atoms with Gasteiger partial charge in [0.15, 0.2) is 0 Å². The minimum Gasteiger partial charge on any atom is -0.434 e. The van der Waals surface area contributed by atoms with Gasteiger partial charge in [-0.3, -0.25) is 4.90 Å². The van der Waals surface area contributed by atoms with E-state index in [0.29, 0.717) is 13.1 Å². The Morgan fingerprint density at radius 1 is 1.17 bits per heavy atom. The fraction of sp³-hybridized carbons (Fsp3) is 0.471. The number of imidazole rings is 1. The topological polar surface area (TPSA) is 44.4 Å². The molecule has 0 unspecified atom stereocenters. The molecule has 0 fully saturated rings. The molecule has 0 amide bonds. The molecule has 0 bridgehead atoms. The number of rotatable bonds is 9. The summed E-state index contributed by atoms with van der Waals surface area (Å²) in [7, 11) is 4.01. The van der Waals surface area contributed by atoms with Crippen molar-refractivity contribution in [3.63, 3.8) is 0 Å². The van der Waals surface area contributed by atoms with Crippen molar-refractivity contribution in [3.8, 4) is 5.75 Å². The van der Waals surface area contributed by atoms with Gasteiger partial charge in [0, 0.05) is 37.4 Å². The second-order valence-electron chi connectivity index (χ2n) is 5.97. The summed E-state index contributed by atoms with van der Waals surface area (Å²) in [5.41, 5.74) is 2.72. The van der Waals surface area contributed by atoms with Crippen molar-refractivity contribution < 1.29 is 13.5 Å². The number of para-hydroxylation sites is 1. The van der Waals surface area contributed by atoms with E-state index in [1.807, 2.05) is 33.2 Å². The fourth-order valence-electron chi connectivity index (χ4n) is 2.40. The Morgan fingerprint density at radius 3 is 2.54 bits per heavy atom. The van der Waals surface area contributed by atoms with Crippen molar-refractivity contribution in [3.05, 3.63) is 47.5 Å². The van der Waals surface area contributed by atoms with Crippen molar-refractivity contribution >= 4 is 0 Å². The number of halogens is 2. The van der Waals surface area contributed by atoms with Crippen LogP contribution in [0.25, 0.3) is 0 Å². The molecule has 132 valence electrons. The maximum atomic E-state index is 12.6. The summed E-state index contributed by atoms with van der Waals surface area (Å²) >= 11 is 0. The average Bonchev–Trinajstić information content (AvgIpc) is 2.91. The number of aryl methyl sites for hydroxylation is 1. The van der Waals surface area contributed by atoms with Crippen LogP contribution in [0.1, 0.15) is 17.0 Å². The zero-order valence-electron chi connectivity index (χ0n) is 14.3. The Morgan fingerprint density at radius 2 is 1.92 bits per heavy atom. The lowest BCUT2D eigenvalue weighted by atomic mass is 10.1. The van der Waals surface area contributed by atoms with Crippen molar-refractivity contribution in [1.82, 2.24) is 19.8 Å². The van der Waals surface area contributed by atoms with Gasteiger partial charge in [-0.2, -0.15) is 8.78 Å². The van der Waals surface area contributed by atoms with E-state index in [-0.39, 0.29) is 5.75 Å². The zero-order chi connectivity index (χ0) is 17.5. The molecule has 2 rings (SSSR count). The standard InChI is InChI=1S/C17H24F2N4O/c1-13-15(21-12-20-13)11-23(9-8-22(2)3)10-14-6-4-5-7-16(14)24-17(18)19/h4-7,12,17H,8-11H2,1-3H3,(H,20,21). The van der Waals surface area contributed by atoms with E-state index in [9.17, 15) is 8.78 Å². The summed E-state index contributed by atoms with van der Waals surface area (Å²) < 4.78 is 29.8. The van der Waals surface area contributed by atoms with Crippen LogP contribution in [0.15, 0.2) is 30.6 Å². The Bertz CT molecular complexity index is 631. The van der Waals surface area contributed by atoms with Gasteiger partial charge in [0.25, 0.3) is 0 Å². The van der Waals surface area contributed by atoms with Crippen LogP contribution in [0.3, 0.4) is 0 Å². The molecule has 24 heavy (non-hydrogen) atoms. The highest BCUT2D eigenvalue weighted by atomic mass is 19.3. The number of hydrogen-bond acceptors (Lipinski definition) is 4. The number of nitrogens with one attached hydrogen (secondary N) is 1. The number of alkyl halides is 2. The molecule has 1 heterocycles. The summed E-state index contributed by atoms with van der Waals surface area (Å²) in [6, 6.07) is 6.92. The predicted octanol–water partition coefficient (Wildman–Crippen LogP) is 2.88. The third kappa shape index (κ3) is 5.58. The molecule has 0 aliphatic carbocycles. The molecule has 0 aliphatic rings. The summed E-state index contributed by atoms with van der Waals surface area (Å²) in [5.74, 6) is 0.223. The van der Waals surface area contributed by atoms with Gasteiger partial charge in [-0.05, 0) is 27.1 Å². The van der Waals surface area contributed by atoms with Gasteiger partial charge in [-0.15, -0.1) is 0 Å². The highest BCUT2D eigenvalue weighted by Crippen LogP contribution is 2.22. The Hall–Kier alpha value is -1.99. The molecule has 0 radical (unpaired) electrons. The third-order valence-corrected chi connectivity index (χ3v) is 3.75. The summed E-state index contributed by atoms with van der Waals surface area (Å²) in [4.78, 5) is 11.7. The number of H-pyrrole nitrogens is 1. The van der Waals surface area contributed by atoms with Crippen LogP contribution in [-0.4, -0.2) is 53.6 Å². The predicted molar refractivity (Wildman–Crippen MR) is 89.1 cm³/mol. The van der Waals surface area contributed by atoms with Gasteiger partial charge in [0.05, 0.1) is 12.0 Å². The minimum absolute atomic E-state index is 0.223. The molecule has 0 atom stereocenters.